The summed E-state index contributed by atoms with van der Waals surface area (Å²) in [5.41, 5.74) is 0. The van der Waals surface area contributed by atoms with Crippen LogP contribution in [0, 0.1) is 23.7 Å². The number of carbonyl (C=O) groups is 1. The zero-order valence-corrected chi connectivity index (χ0v) is 14.8. The van der Waals surface area contributed by atoms with E-state index in [2.05, 4.69) is 22.3 Å². The highest BCUT2D eigenvalue weighted by Gasteiger charge is 2.36. The van der Waals surface area contributed by atoms with Crippen LogP contribution in [-0.4, -0.2) is 46.6 Å². The summed E-state index contributed by atoms with van der Waals surface area (Å²) in [5.74, 6) is 3.35. The van der Waals surface area contributed by atoms with Gasteiger partial charge in [0.25, 0.3) is 0 Å². The van der Waals surface area contributed by atoms with E-state index in [1.165, 1.54) is 0 Å². The van der Waals surface area contributed by atoms with E-state index in [1.807, 2.05) is 12.1 Å². The topological polar surface area (TPSA) is 78.2 Å². The van der Waals surface area contributed by atoms with Gasteiger partial charge in [-0.3, -0.25) is 9.78 Å². The van der Waals surface area contributed by atoms with Crippen molar-refractivity contribution >= 4 is 5.91 Å². The van der Waals surface area contributed by atoms with E-state index in [4.69, 9.17) is 11.2 Å². The number of hydrogen-bond acceptors (Lipinski definition) is 5. The zero-order chi connectivity index (χ0) is 18.4. The number of terminal acetylenes is 1. The molecule has 1 amide bonds. The van der Waals surface area contributed by atoms with Gasteiger partial charge in [0.1, 0.15) is 11.8 Å². The number of rotatable bonds is 5. The second-order valence-electron chi connectivity index (χ2n) is 6.87. The minimum absolute atomic E-state index is 0.0780. The molecule has 3 rings (SSSR count). The standard InChI is InChI=1S/C20H24N4O2/c1-2-16-7-8-17(12-21)24(16)20(25)14-23-15-5-9-18(10-6-15)26-19-4-3-11-22-13-19/h1,3-4,11,13,15-18,23H,5-10,14H2/t15-,16-,17-,18-/m0/s1. The Bertz CT molecular complexity index is 664. The lowest BCUT2D eigenvalue weighted by Gasteiger charge is -2.30. The van der Waals surface area contributed by atoms with E-state index < -0.39 is 6.04 Å². The van der Waals surface area contributed by atoms with E-state index in [1.54, 1.807) is 17.3 Å². The molecule has 1 saturated heterocycles. The molecule has 2 fully saturated rings. The first-order valence-electron chi connectivity index (χ1n) is 9.18. The van der Waals surface area contributed by atoms with Crippen molar-refractivity contribution in [3.05, 3.63) is 24.5 Å². The fourth-order valence-corrected chi connectivity index (χ4v) is 3.77. The molecular formula is C20H24N4O2. The Hall–Kier alpha value is -2.57. The summed E-state index contributed by atoms with van der Waals surface area (Å²) in [5, 5.41) is 12.5. The lowest BCUT2D eigenvalue weighted by Crippen LogP contribution is -2.47. The molecule has 0 aromatic carbocycles. The van der Waals surface area contributed by atoms with Gasteiger partial charge in [0.15, 0.2) is 0 Å². The average molecular weight is 352 g/mol. The van der Waals surface area contributed by atoms with Gasteiger partial charge in [0.05, 0.1) is 31.0 Å². The number of carbonyl (C=O) groups excluding carboxylic acids is 1. The van der Waals surface area contributed by atoms with Crippen molar-refractivity contribution in [2.24, 2.45) is 0 Å². The third-order valence-electron chi connectivity index (χ3n) is 5.17. The van der Waals surface area contributed by atoms with Gasteiger partial charge in [-0.05, 0) is 50.7 Å². The molecule has 0 spiro atoms. The molecule has 6 heteroatoms. The third kappa shape index (κ3) is 4.33. The Morgan fingerprint density at radius 3 is 2.73 bits per heavy atom. The highest BCUT2D eigenvalue weighted by atomic mass is 16.5. The maximum atomic E-state index is 12.5. The second kappa shape index (κ2) is 8.69. The number of nitrogens with one attached hydrogen (secondary N) is 1. The molecular weight excluding hydrogens is 328 g/mol. The van der Waals surface area contributed by atoms with E-state index >= 15 is 0 Å². The Morgan fingerprint density at radius 2 is 2.08 bits per heavy atom. The molecule has 0 bridgehead atoms. The molecule has 0 radical (unpaired) electrons. The van der Waals surface area contributed by atoms with Crippen molar-refractivity contribution < 1.29 is 9.53 Å². The van der Waals surface area contributed by atoms with Crippen molar-refractivity contribution in [1.29, 1.82) is 5.26 Å². The number of amides is 1. The van der Waals surface area contributed by atoms with E-state index in [0.29, 0.717) is 18.9 Å². The van der Waals surface area contributed by atoms with Gasteiger partial charge in [0.2, 0.25) is 5.91 Å². The van der Waals surface area contributed by atoms with Gasteiger partial charge in [-0.25, -0.2) is 0 Å². The van der Waals surface area contributed by atoms with Crippen LogP contribution in [0.3, 0.4) is 0 Å². The van der Waals surface area contributed by atoms with E-state index in [-0.39, 0.29) is 24.6 Å². The van der Waals surface area contributed by atoms with Crippen LogP contribution < -0.4 is 10.1 Å². The highest BCUT2D eigenvalue weighted by molar-refractivity contribution is 5.80. The first-order valence-corrected chi connectivity index (χ1v) is 9.18. The van der Waals surface area contributed by atoms with Crippen LogP contribution in [0.1, 0.15) is 38.5 Å². The number of nitrogens with zero attached hydrogens (tertiary/aromatic N) is 3. The summed E-state index contributed by atoms with van der Waals surface area (Å²) < 4.78 is 5.94. The summed E-state index contributed by atoms with van der Waals surface area (Å²) in [6, 6.07) is 5.61. The summed E-state index contributed by atoms with van der Waals surface area (Å²) in [6.45, 7) is 0.231. The molecule has 1 aliphatic carbocycles. The highest BCUT2D eigenvalue weighted by Crippen LogP contribution is 2.25. The molecule has 1 aromatic heterocycles. The van der Waals surface area contributed by atoms with Gasteiger partial charge >= 0.3 is 0 Å². The molecule has 1 aliphatic heterocycles. The van der Waals surface area contributed by atoms with Crippen molar-refractivity contribution in [3.8, 4) is 24.2 Å². The monoisotopic (exact) mass is 352 g/mol. The first kappa shape index (κ1) is 18.2. The summed E-state index contributed by atoms with van der Waals surface area (Å²) in [6.07, 6.45) is 14.3. The first-order chi connectivity index (χ1) is 12.7. The lowest BCUT2D eigenvalue weighted by atomic mass is 9.93. The summed E-state index contributed by atoms with van der Waals surface area (Å²) in [7, 11) is 0. The smallest absolute Gasteiger partial charge is 0.238 e. The number of nitriles is 1. The maximum Gasteiger partial charge on any atom is 0.238 e. The SMILES string of the molecule is C#C[C@H]1CC[C@@H](C#N)N1C(=O)CN[C@H]1CC[C@H](Oc2cccnc2)CC1. The Morgan fingerprint density at radius 1 is 1.31 bits per heavy atom. The molecule has 0 unspecified atom stereocenters. The summed E-state index contributed by atoms with van der Waals surface area (Å²) in [4.78, 5) is 18.2. The molecule has 1 aromatic rings. The second-order valence-corrected chi connectivity index (χ2v) is 6.87. The molecule has 136 valence electrons. The van der Waals surface area contributed by atoms with Gasteiger partial charge in [-0.2, -0.15) is 5.26 Å². The minimum atomic E-state index is -0.394. The minimum Gasteiger partial charge on any atom is -0.489 e. The Labute approximate surface area is 154 Å². The van der Waals surface area contributed by atoms with Crippen LogP contribution in [0.15, 0.2) is 24.5 Å². The number of pyridine rings is 1. The number of ether oxygens (including phenoxy) is 1. The molecule has 26 heavy (non-hydrogen) atoms. The van der Waals surface area contributed by atoms with E-state index in [0.717, 1.165) is 31.4 Å². The van der Waals surface area contributed by atoms with Crippen LogP contribution in [0.4, 0.5) is 0 Å². The lowest BCUT2D eigenvalue weighted by molar-refractivity contribution is -0.131. The Kier molecular flexibility index (Phi) is 6.09. The van der Waals surface area contributed by atoms with Crippen LogP contribution in [0.2, 0.25) is 0 Å². The number of hydrogen-bond donors (Lipinski definition) is 1. The molecule has 6 nitrogen and oxygen atoms in total. The van der Waals surface area contributed by atoms with Crippen molar-refractivity contribution in [2.45, 2.75) is 62.8 Å². The molecule has 1 saturated carbocycles. The van der Waals surface area contributed by atoms with Gasteiger partial charge < -0.3 is 15.0 Å². The Balaban J connectivity index is 1.43. The molecule has 2 heterocycles. The van der Waals surface area contributed by atoms with Crippen LogP contribution in [0.5, 0.6) is 5.75 Å². The molecule has 2 aliphatic rings. The zero-order valence-electron chi connectivity index (χ0n) is 14.8. The van der Waals surface area contributed by atoms with Crippen LogP contribution in [-0.2, 0) is 4.79 Å². The fraction of sp³-hybridized carbons (Fsp3) is 0.550. The van der Waals surface area contributed by atoms with E-state index in [9.17, 15) is 10.1 Å². The van der Waals surface area contributed by atoms with Crippen LogP contribution >= 0.6 is 0 Å². The summed E-state index contributed by atoms with van der Waals surface area (Å²) >= 11 is 0. The number of aromatic nitrogens is 1. The molecule has 2 atom stereocenters. The van der Waals surface area contributed by atoms with Gasteiger partial charge in [-0.15, -0.1) is 6.42 Å². The number of likely N-dealkylation sites (tertiary alicyclic amines) is 1. The van der Waals surface area contributed by atoms with Gasteiger partial charge in [-0.1, -0.05) is 5.92 Å². The molecule has 1 N–H and O–H groups in total. The maximum absolute atomic E-state index is 12.5. The normalized spacial score (nSPS) is 28.2. The van der Waals surface area contributed by atoms with Crippen molar-refractivity contribution in [3.63, 3.8) is 0 Å². The average Bonchev–Trinajstić information content (AvgIpc) is 3.11. The van der Waals surface area contributed by atoms with Gasteiger partial charge in [0, 0.05) is 12.2 Å². The predicted octanol–water partition coefficient (Wildman–Crippen LogP) is 1.88. The van der Waals surface area contributed by atoms with Crippen molar-refractivity contribution in [2.75, 3.05) is 6.54 Å². The fourth-order valence-electron chi connectivity index (χ4n) is 3.77. The third-order valence-corrected chi connectivity index (χ3v) is 5.17. The quantitative estimate of drug-likeness (QED) is 0.819. The predicted molar refractivity (Wildman–Crippen MR) is 97.0 cm³/mol. The van der Waals surface area contributed by atoms with Crippen LogP contribution in [0.25, 0.3) is 0 Å². The van der Waals surface area contributed by atoms with Crippen molar-refractivity contribution in [1.82, 2.24) is 15.2 Å². The largest absolute Gasteiger partial charge is 0.489 e.